The van der Waals surface area contributed by atoms with Crippen LogP contribution in [-0.4, -0.2) is 14.9 Å². The molecule has 0 spiro atoms. The summed E-state index contributed by atoms with van der Waals surface area (Å²) in [5, 5.41) is 10.9. The Bertz CT molecular complexity index is 590. The smallest absolute Gasteiger partial charge is 0.258 e. The van der Waals surface area contributed by atoms with Crippen molar-refractivity contribution in [1.82, 2.24) is 9.97 Å². The highest BCUT2D eigenvalue weighted by Crippen LogP contribution is 2.33. The molecule has 0 atom stereocenters. The van der Waals surface area contributed by atoms with Crippen molar-refractivity contribution in [2.24, 2.45) is 0 Å². The molecule has 0 saturated heterocycles. The van der Waals surface area contributed by atoms with Gasteiger partial charge in [0.15, 0.2) is 0 Å². The Kier molecular flexibility index (Phi) is 3.21. The van der Waals surface area contributed by atoms with Crippen LogP contribution >= 0.6 is 23.2 Å². The Morgan fingerprint density at radius 1 is 1.18 bits per heavy atom. The lowest BCUT2D eigenvalue weighted by Crippen LogP contribution is -1.94. The first-order valence-electron chi connectivity index (χ1n) is 4.51. The average Bonchev–Trinajstić information content (AvgIpc) is 2.29. The molecular formula is C10H5Cl2N3O2. The second kappa shape index (κ2) is 4.65. The van der Waals surface area contributed by atoms with Crippen LogP contribution in [-0.2, 0) is 0 Å². The summed E-state index contributed by atoms with van der Waals surface area (Å²) in [6.07, 6.45) is 1.36. The van der Waals surface area contributed by atoms with Crippen molar-refractivity contribution in [3.8, 4) is 11.1 Å². The number of halogens is 2. The van der Waals surface area contributed by atoms with Gasteiger partial charge in [-0.15, -0.1) is 0 Å². The molecule has 0 aliphatic carbocycles. The fraction of sp³-hybridized carbons (Fsp3) is 0. The van der Waals surface area contributed by atoms with Crippen LogP contribution in [0.4, 0.5) is 5.69 Å². The van der Waals surface area contributed by atoms with Crippen LogP contribution in [0.25, 0.3) is 11.1 Å². The molecule has 86 valence electrons. The van der Waals surface area contributed by atoms with Crippen molar-refractivity contribution in [1.29, 1.82) is 0 Å². The molecule has 17 heavy (non-hydrogen) atoms. The molecule has 0 amide bonds. The van der Waals surface area contributed by atoms with Gasteiger partial charge in [-0.05, 0) is 17.7 Å². The third-order valence-corrected chi connectivity index (χ3v) is 2.57. The van der Waals surface area contributed by atoms with Crippen molar-refractivity contribution in [2.75, 3.05) is 0 Å². The van der Waals surface area contributed by atoms with Gasteiger partial charge in [-0.1, -0.05) is 23.7 Å². The Balaban J connectivity index is 2.64. The fourth-order valence-corrected chi connectivity index (χ4v) is 1.79. The molecule has 1 aromatic heterocycles. The maximum absolute atomic E-state index is 10.9. The first kappa shape index (κ1) is 11.8. The predicted octanol–water partition coefficient (Wildman–Crippen LogP) is 3.36. The fourth-order valence-electron chi connectivity index (χ4n) is 1.38. The first-order chi connectivity index (χ1) is 8.09. The number of nitro groups is 1. The van der Waals surface area contributed by atoms with Crippen molar-refractivity contribution in [2.45, 2.75) is 0 Å². The summed E-state index contributed by atoms with van der Waals surface area (Å²) in [4.78, 5) is 17.9. The van der Waals surface area contributed by atoms with E-state index >= 15 is 0 Å². The largest absolute Gasteiger partial charge is 0.277 e. The van der Waals surface area contributed by atoms with E-state index in [2.05, 4.69) is 9.97 Å². The normalized spacial score (nSPS) is 10.2. The van der Waals surface area contributed by atoms with Gasteiger partial charge in [0.25, 0.3) is 5.69 Å². The average molecular weight is 270 g/mol. The van der Waals surface area contributed by atoms with Crippen LogP contribution in [0.15, 0.2) is 30.5 Å². The standard InChI is InChI=1S/C10H5Cl2N3O2/c11-9-7(5-13-10(12)14-9)6-3-1-2-4-8(6)15(16)17/h1-5H. The molecule has 0 saturated carbocycles. The zero-order chi connectivity index (χ0) is 12.4. The lowest BCUT2D eigenvalue weighted by atomic mass is 10.1. The molecule has 1 aromatic carbocycles. The van der Waals surface area contributed by atoms with Crippen LogP contribution in [0.3, 0.4) is 0 Å². The van der Waals surface area contributed by atoms with Crippen LogP contribution < -0.4 is 0 Å². The maximum Gasteiger partial charge on any atom is 0.277 e. The van der Waals surface area contributed by atoms with E-state index in [0.717, 1.165) is 0 Å². The summed E-state index contributed by atoms with van der Waals surface area (Å²) in [5.41, 5.74) is 0.683. The lowest BCUT2D eigenvalue weighted by molar-refractivity contribution is -0.384. The van der Waals surface area contributed by atoms with Crippen LogP contribution in [0.2, 0.25) is 10.4 Å². The molecule has 1 heterocycles. The van der Waals surface area contributed by atoms with E-state index in [1.54, 1.807) is 18.2 Å². The molecule has 0 fully saturated rings. The Morgan fingerprint density at radius 2 is 1.88 bits per heavy atom. The van der Waals surface area contributed by atoms with Crippen molar-refractivity contribution in [3.05, 3.63) is 51.0 Å². The van der Waals surface area contributed by atoms with E-state index in [-0.39, 0.29) is 16.1 Å². The molecule has 0 N–H and O–H groups in total. The van der Waals surface area contributed by atoms with Gasteiger partial charge >= 0.3 is 0 Å². The first-order valence-corrected chi connectivity index (χ1v) is 5.27. The summed E-state index contributed by atoms with van der Waals surface area (Å²) < 4.78 is 0. The number of rotatable bonds is 2. The summed E-state index contributed by atoms with van der Waals surface area (Å²) in [5.74, 6) is 0. The minimum Gasteiger partial charge on any atom is -0.258 e. The molecule has 0 aliphatic heterocycles. The second-order valence-corrected chi connectivity index (χ2v) is 3.81. The molecule has 0 unspecified atom stereocenters. The number of nitro benzene ring substituents is 1. The van der Waals surface area contributed by atoms with Crippen LogP contribution in [0.5, 0.6) is 0 Å². The molecule has 2 aromatic rings. The number of para-hydroxylation sites is 1. The summed E-state index contributed by atoms with van der Waals surface area (Å²) in [6.45, 7) is 0. The molecule has 0 radical (unpaired) electrons. The third-order valence-electron chi connectivity index (χ3n) is 2.10. The lowest BCUT2D eigenvalue weighted by Gasteiger charge is -2.04. The summed E-state index contributed by atoms with van der Waals surface area (Å²) in [7, 11) is 0. The highest BCUT2D eigenvalue weighted by Gasteiger charge is 2.17. The number of hydrogen-bond acceptors (Lipinski definition) is 4. The van der Waals surface area contributed by atoms with Gasteiger partial charge in [0.1, 0.15) is 5.15 Å². The van der Waals surface area contributed by atoms with Gasteiger partial charge in [0.05, 0.1) is 10.5 Å². The highest BCUT2D eigenvalue weighted by atomic mass is 35.5. The van der Waals surface area contributed by atoms with Gasteiger partial charge < -0.3 is 0 Å². The van der Waals surface area contributed by atoms with Crippen molar-refractivity contribution in [3.63, 3.8) is 0 Å². The Morgan fingerprint density at radius 3 is 2.53 bits per heavy atom. The summed E-state index contributed by atoms with van der Waals surface area (Å²) >= 11 is 11.4. The number of nitrogens with zero attached hydrogens (tertiary/aromatic N) is 3. The monoisotopic (exact) mass is 269 g/mol. The third kappa shape index (κ3) is 2.35. The quantitative estimate of drug-likeness (QED) is 0.363. The highest BCUT2D eigenvalue weighted by molar-refractivity contribution is 6.33. The zero-order valence-corrected chi connectivity index (χ0v) is 9.81. The van der Waals surface area contributed by atoms with E-state index in [1.807, 2.05) is 0 Å². The predicted molar refractivity (Wildman–Crippen MR) is 64.1 cm³/mol. The van der Waals surface area contributed by atoms with Gasteiger partial charge in [-0.2, -0.15) is 0 Å². The number of hydrogen-bond donors (Lipinski definition) is 0. The number of benzene rings is 1. The van der Waals surface area contributed by atoms with E-state index in [9.17, 15) is 10.1 Å². The van der Waals surface area contributed by atoms with Gasteiger partial charge in [-0.3, -0.25) is 10.1 Å². The molecule has 5 nitrogen and oxygen atoms in total. The van der Waals surface area contributed by atoms with Gasteiger partial charge in [0.2, 0.25) is 5.28 Å². The number of aromatic nitrogens is 2. The van der Waals surface area contributed by atoms with E-state index in [1.165, 1.54) is 12.3 Å². The van der Waals surface area contributed by atoms with Gasteiger partial charge in [0, 0.05) is 17.8 Å². The van der Waals surface area contributed by atoms with E-state index < -0.39 is 4.92 Å². The van der Waals surface area contributed by atoms with Crippen molar-refractivity contribution >= 4 is 28.9 Å². The molecule has 2 rings (SSSR count). The minimum absolute atomic E-state index is 0.00247. The maximum atomic E-state index is 10.9. The molecular weight excluding hydrogens is 265 g/mol. The van der Waals surface area contributed by atoms with Crippen LogP contribution in [0, 0.1) is 10.1 Å². The Hall–Kier alpha value is -1.72. The Labute approximate surface area is 106 Å². The molecule has 7 heteroatoms. The zero-order valence-electron chi connectivity index (χ0n) is 8.30. The van der Waals surface area contributed by atoms with Crippen LogP contribution in [0.1, 0.15) is 0 Å². The van der Waals surface area contributed by atoms with E-state index in [0.29, 0.717) is 11.1 Å². The van der Waals surface area contributed by atoms with Crippen molar-refractivity contribution < 1.29 is 4.92 Å². The molecule has 0 aliphatic rings. The topological polar surface area (TPSA) is 68.9 Å². The SMILES string of the molecule is O=[N+]([O-])c1ccccc1-c1cnc(Cl)nc1Cl. The minimum atomic E-state index is -0.486. The molecule has 0 bridgehead atoms. The second-order valence-electron chi connectivity index (χ2n) is 3.12. The summed E-state index contributed by atoms with van der Waals surface area (Å²) in [6, 6.07) is 6.22. The van der Waals surface area contributed by atoms with Gasteiger partial charge in [-0.25, -0.2) is 9.97 Å². The van der Waals surface area contributed by atoms with E-state index in [4.69, 9.17) is 23.2 Å².